The quantitative estimate of drug-likeness (QED) is 0.265. The molecule has 0 bridgehead atoms. The van der Waals surface area contributed by atoms with Gasteiger partial charge in [-0.3, -0.25) is 4.79 Å². The lowest BCUT2D eigenvalue weighted by molar-refractivity contribution is -0.140. The van der Waals surface area contributed by atoms with Gasteiger partial charge in [0.05, 0.1) is 19.3 Å². The molecule has 0 aromatic rings. The molecular formula is C23H34O4. The van der Waals surface area contributed by atoms with Gasteiger partial charge in [0, 0.05) is 6.42 Å². The molecule has 27 heavy (non-hydrogen) atoms. The third kappa shape index (κ3) is 18.4. The number of allylic oxidation sites excluding steroid dienone is 8. The van der Waals surface area contributed by atoms with E-state index >= 15 is 0 Å². The van der Waals surface area contributed by atoms with Crippen LogP contribution in [0, 0.1) is 0 Å². The van der Waals surface area contributed by atoms with Gasteiger partial charge in [-0.15, -0.1) is 0 Å². The maximum atomic E-state index is 10.9. The van der Waals surface area contributed by atoms with Gasteiger partial charge in [-0.25, -0.2) is 0 Å². The summed E-state index contributed by atoms with van der Waals surface area (Å²) in [7, 11) is 1.37. The number of aliphatic hydroxyl groups is 2. The highest BCUT2D eigenvalue weighted by molar-refractivity contribution is 5.69. The number of carbonyl (C=O) groups excluding carboxylic acids is 1. The van der Waals surface area contributed by atoms with Crippen molar-refractivity contribution < 1.29 is 19.7 Å². The lowest BCUT2D eigenvalue weighted by Gasteiger charge is -1.99. The van der Waals surface area contributed by atoms with Crippen LogP contribution in [0.5, 0.6) is 0 Å². The van der Waals surface area contributed by atoms with Gasteiger partial charge >= 0.3 is 5.97 Å². The SMILES string of the molecule is CC/C=C\C[C@H](O)/C=C/C=C\C/C=C\C=C\[C@@H](O)C/C=C\CCC(=O)OC. The molecule has 0 saturated heterocycles. The Morgan fingerprint density at radius 1 is 0.852 bits per heavy atom. The molecule has 0 amide bonds. The molecular weight excluding hydrogens is 340 g/mol. The molecule has 2 N–H and O–H groups in total. The van der Waals surface area contributed by atoms with E-state index in [1.165, 1.54) is 7.11 Å². The van der Waals surface area contributed by atoms with Crippen molar-refractivity contribution in [3.05, 3.63) is 72.9 Å². The number of ether oxygens (including phenoxy) is 1. The van der Waals surface area contributed by atoms with E-state index in [9.17, 15) is 15.0 Å². The van der Waals surface area contributed by atoms with Crippen molar-refractivity contribution in [2.24, 2.45) is 0 Å². The van der Waals surface area contributed by atoms with Crippen LogP contribution in [0.1, 0.15) is 45.4 Å². The van der Waals surface area contributed by atoms with E-state index in [2.05, 4.69) is 11.7 Å². The van der Waals surface area contributed by atoms with E-state index in [1.54, 1.807) is 12.2 Å². The summed E-state index contributed by atoms with van der Waals surface area (Å²) in [6.07, 6.45) is 25.7. The second-order valence-corrected chi connectivity index (χ2v) is 5.93. The lowest BCUT2D eigenvalue weighted by Crippen LogP contribution is -1.99. The van der Waals surface area contributed by atoms with Crippen molar-refractivity contribution in [3.8, 4) is 0 Å². The van der Waals surface area contributed by atoms with Gasteiger partial charge in [-0.1, -0.05) is 79.8 Å². The standard InChI is InChI=1S/C23H34O4/c1-3-4-11-16-21(24)17-12-8-6-5-7-9-13-18-22(25)19-14-10-15-20-23(26)27-2/h4,6-14,17-18,21-22,24-25H,3,5,15-16,19-20H2,1-2H3/b8-6-,9-7-,11-4-,14-10-,17-12+,18-13+/t21-,22+/m0/s1. The smallest absolute Gasteiger partial charge is 0.305 e. The first kappa shape index (κ1) is 24.8. The van der Waals surface area contributed by atoms with Crippen molar-refractivity contribution in [2.75, 3.05) is 7.11 Å². The molecule has 0 spiro atoms. The molecule has 0 aliphatic heterocycles. The molecule has 150 valence electrons. The lowest BCUT2D eigenvalue weighted by atomic mass is 10.2. The molecule has 0 rings (SSSR count). The van der Waals surface area contributed by atoms with Crippen LogP contribution in [-0.2, 0) is 9.53 Å². The van der Waals surface area contributed by atoms with Gasteiger partial charge in [0.15, 0.2) is 0 Å². The Morgan fingerprint density at radius 3 is 1.93 bits per heavy atom. The Labute approximate surface area is 163 Å². The fraction of sp³-hybridized carbons (Fsp3) is 0.435. The van der Waals surface area contributed by atoms with Gasteiger partial charge in [0.2, 0.25) is 0 Å². The minimum Gasteiger partial charge on any atom is -0.469 e. The summed E-state index contributed by atoms with van der Waals surface area (Å²) >= 11 is 0. The third-order valence-corrected chi connectivity index (χ3v) is 3.50. The predicted molar refractivity (Wildman–Crippen MR) is 112 cm³/mol. The van der Waals surface area contributed by atoms with E-state index in [0.29, 0.717) is 25.7 Å². The highest BCUT2D eigenvalue weighted by Gasteiger charge is 1.97. The zero-order valence-electron chi connectivity index (χ0n) is 16.5. The topological polar surface area (TPSA) is 66.8 Å². The zero-order chi connectivity index (χ0) is 20.2. The highest BCUT2D eigenvalue weighted by atomic mass is 16.5. The van der Waals surface area contributed by atoms with Crippen LogP contribution < -0.4 is 0 Å². The molecule has 0 fully saturated rings. The van der Waals surface area contributed by atoms with Crippen molar-refractivity contribution in [1.29, 1.82) is 0 Å². The van der Waals surface area contributed by atoms with Crippen LogP contribution in [0.3, 0.4) is 0 Å². The first-order valence-corrected chi connectivity index (χ1v) is 9.49. The molecule has 0 aliphatic carbocycles. The fourth-order valence-corrected chi connectivity index (χ4v) is 1.99. The second-order valence-electron chi connectivity index (χ2n) is 5.93. The molecule has 0 saturated carbocycles. The zero-order valence-corrected chi connectivity index (χ0v) is 16.5. The van der Waals surface area contributed by atoms with Gasteiger partial charge in [-0.2, -0.15) is 0 Å². The molecule has 0 aliphatic rings. The molecule has 4 heteroatoms. The Morgan fingerprint density at radius 2 is 1.41 bits per heavy atom. The highest BCUT2D eigenvalue weighted by Crippen LogP contribution is 2.00. The Hall–Kier alpha value is -2.17. The van der Waals surface area contributed by atoms with Crippen molar-refractivity contribution in [3.63, 3.8) is 0 Å². The van der Waals surface area contributed by atoms with E-state index in [1.807, 2.05) is 60.8 Å². The normalized spacial score (nSPS) is 15.3. The van der Waals surface area contributed by atoms with Crippen molar-refractivity contribution in [1.82, 2.24) is 0 Å². The van der Waals surface area contributed by atoms with Crippen LogP contribution >= 0.6 is 0 Å². The van der Waals surface area contributed by atoms with E-state index < -0.39 is 12.2 Å². The van der Waals surface area contributed by atoms with E-state index in [4.69, 9.17) is 0 Å². The summed E-state index contributed by atoms with van der Waals surface area (Å²) in [6.45, 7) is 2.07. The molecule has 4 nitrogen and oxygen atoms in total. The second kappa shape index (κ2) is 18.6. The number of esters is 1. The fourth-order valence-electron chi connectivity index (χ4n) is 1.99. The number of hydrogen-bond donors (Lipinski definition) is 2. The summed E-state index contributed by atoms with van der Waals surface area (Å²) < 4.78 is 4.55. The largest absolute Gasteiger partial charge is 0.469 e. The number of methoxy groups -OCH3 is 1. The Bertz CT molecular complexity index is 539. The summed E-state index contributed by atoms with van der Waals surface area (Å²) in [5.74, 6) is -0.227. The van der Waals surface area contributed by atoms with Crippen LogP contribution in [0.25, 0.3) is 0 Å². The molecule has 0 aromatic heterocycles. The number of carbonyl (C=O) groups is 1. The number of aliphatic hydroxyl groups excluding tert-OH is 2. The number of rotatable bonds is 14. The minimum absolute atomic E-state index is 0.227. The molecule has 0 heterocycles. The molecule has 0 aromatic carbocycles. The average Bonchev–Trinajstić information content (AvgIpc) is 2.66. The Kier molecular flexibility index (Phi) is 17.1. The van der Waals surface area contributed by atoms with Crippen molar-refractivity contribution in [2.45, 2.75) is 57.7 Å². The number of hydrogen-bond acceptors (Lipinski definition) is 4. The molecule has 0 unspecified atom stereocenters. The maximum Gasteiger partial charge on any atom is 0.305 e. The van der Waals surface area contributed by atoms with Gasteiger partial charge in [0.25, 0.3) is 0 Å². The van der Waals surface area contributed by atoms with Crippen molar-refractivity contribution >= 4 is 5.97 Å². The average molecular weight is 375 g/mol. The molecule has 2 atom stereocenters. The first-order chi connectivity index (χ1) is 13.1. The van der Waals surface area contributed by atoms with Crippen LogP contribution in [0.4, 0.5) is 0 Å². The summed E-state index contributed by atoms with van der Waals surface area (Å²) in [4.78, 5) is 10.9. The van der Waals surface area contributed by atoms with Crippen LogP contribution in [-0.4, -0.2) is 35.5 Å². The maximum absolute atomic E-state index is 10.9. The monoisotopic (exact) mass is 374 g/mol. The third-order valence-electron chi connectivity index (χ3n) is 3.50. The minimum atomic E-state index is -0.536. The summed E-state index contributed by atoms with van der Waals surface area (Å²) in [5, 5.41) is 19.5. The van der Waals surface area contributed by atoms with Crippen LogP contribution in [0.15, 0.2) is 72.9 Å². The van der Waals surface area contributed by atoms with Gasteiger partial charge in [0.1, 0.15) is 0 Å². The van der Waals surface area contributed by atoms with Crippen LogP contribution in [0.2, 0.25) is 0 Å². The summed E-state index contributed by atoms with van der Waals surface area (Å²) in [6, 6.07) is 0. The van der Waals surface area contributed by atoms with Gasteiger partial charge < -0.3 is 14.9 Å². The predicted octanol–water partition coefficient (Wildman–Crippen LogP) is 4.58. The summed E-state index contributed by atoms with van der Waals surface area (Å²) in [5.41, 5.74) is 0. The first-order valence-electron chi connectivity index (χ1n) is 9.49. The molecule has 0 radical (unpaired) electrons. The Balaban J connectivity index is 3.86. The van der Waals surface area contributed by atoms with Gasteiger partial charge in [-0.05, 0) is 32.1 Å². The van der Waals surface area contributed by atoms with E-state index in [0.717, 1.165) is 12.8 Å². The van der Waals surface area contributed by atoms with E-state index in [-0.39, 0.29) is 5.97 Å².